The quantitative estimate of drug-likeness (QED) is 0.216. The third-order valence-electron chi connectivity index (χ3n) is 3.98. The van der Waals surface area contributed by atoms with Crippen LogP contribution in [0, 0.1) is 11.5 Å². The number of pyridine rings is 1. The van der Waals surface area contributed by atoms with Gasteiger partial charge < -0.3 is 5.32 Å². The van der Waals surface area contributed by atoms with Crippen molar-refractivity contribution in [3.05, 3.63) is 24.5 Å². The predicted molar refractivity (Wildman–Crippen MR) is 103 cm³/mol. The zero-order valence-corrected chi connectivity index (χ0v) is 16.1. The summed E-state index contributed by atoms with van der Waals surface area (Å²) in [6.07, 6.45) is 10.0. The minimum atomic E-state index is -3.31. The van der Waals surface area contributed by atoms with Crippen LogP contribution in [0.4, 0.5) is 5.69 Å². The van der Waals surface area contributed by atoms with E-state index < -0.39 is 10.0 Å². The average Bonchev–Trinajstić information content (AvgIpc) is 2.69. The lowest BCUT2D eigenvalue weighted by atomic mass is 10.2. The Morgan fingerprint density at radius 3 is 2.74 bits per heavy atom. The number of nitriles is 1. The third kappa shape index (κ3) is 7.90. The van der Waals surface area contributed by atoms with E-state index in [4.69, 9.17) is 10.1 Å². The van der Waals surface area contributed by atoms with Crippen LogP contribution < -0.4 is 10.6 Å². The van der Waals surface area contributed by atoms with Gasteiger partial charge in [0.25, 0.3) is 0 Å². The molecule has 2 N–H and O–H groups in total. The molecule has 1 aromatic rings. The van der Waals surface area contributed by atoms with Gasteiger partial charge in [-0.1, -0.05) is 17.3 Å². The fraction of sp³-hybridized carbons (Fsp3) is 0.588. The number of hydroxylamine groups is 1. The molecule has 27 heavy (non-hydrogen) atoms. The van der Waals surface area contributed by atoms with Crippen LogP contribution in [-0.2, 0) is 14.9 Å². The standard InChI is InChI=1S/C17H26N6O3S/c18-15-21-17(22-16-7-10-19-11-8-16)20-9-3-1-2-6-14-27(24,25)23-12-4-5-13-26-23/h7-8,10-11H,1-6,9,12-14H2,(H2,19,20,21,22). The summed E-state index contributed by atoms with van der Waals surface area (Å²) in [7, 11) is -3.31. The van der Waals surface area contributed by atoms with Crippen molar-refractivity contribution in [2.45, 2.75) is 38.5 Å². The number of nitrogens with zero attached hydrogens (tertiary/aromatic N) is 4. The van der Waals surface area contributed by atoms with Crippen molar-refractivity contribution in [3.63, 3.8) is 0 Å². The Morgan fingerprint density at radius 1 is 1.26 bits per heavy atom. The van der Waals surface area contributed by atoms with Gasteiger partial charge in [-0.05, 0) is 37.8 Å². The first-order chi connectivity index (χ1) is 13.1. The van der Waals surface area contributed by atoms with Crippen molar-refractivity contribution < 1.29 is 13.3 Å². The maximum Gasteiger partial charge on any atom is 0.236 e. The first-order valence-corrected chi connectivity index (χ1v) is 10.7. The van der Waals surface area contributed by atoms with E-state index in [1.807, 2.05) is 6.19 Å². The third-order valence-corrected chi connectivity index (χ3v) is 5.69. The summed E-state index contributed by atoms with van der Waals surface area (Å²) in [6.45, 7) is 1.48. The van der Waals surface area contributed by atoms with Crippen LogP contribution in [0.1, 0.15) is 38.5 Å². The van der Waals surface area contributed by atoms with Gasteiger partial charge in [-0.3, -0.25) is 20.1 Å². The summed E-state index contributed by atoms with van der Waals surface area (Å²) >= 11 is 0. The molecule has 148 valence electrons. The molecule has 1 aliphatic heterocycles. The molecule has 0 spiro atoms. The van der Waals surface area contributed by atoms with Gasteiger partial charge in [-0.15, -0.1) is 0 Å². The predicted octanol–water partition coefficient (Wildman–Crippen LogP) is 1.84. The number of guanidine groups is 1. The number of hydrogen-bond donors (Lipinski definition) is 2. The molecule has 0 aliphatic carbocycles. The van der Waals surface area contributed by atoms with Gasteiger partial charge in [0, 0.05) is 31.2 Å². The summed E-state index contributed by atoms with van der Waals surface area (Å²) in [4.78, 5) is 13.5. The van der Waals surface area contributed by atoms with Crippen molar-refractivity contribution in [2.75, 3.05) is 30.8 Å². The van der Waals surface area contributed by atoms with E-state index in [2.05, 4.69) is 20.6 Å². The molecule has 1 aromatic heterocycles. The van der Waals surface area contributed by atoms with Crippen LogP contribution in [0.2, 0.25) is 0 Å². The molecule has 0 radical (unpaired) electrons. The highest BCUT2D eigenvalue weighted by atomic mass is 32.2. The maximum atomic E-state index is 12.1. The topological polar surface area (TPSA) is 120 Å². The molecule has 2 rings (SSSR count). The molecule has 0 amide bonds. The molecule has 0 aromatic carbocycles. The summed E-state index contributed by atoms with van der Waals surface area (Å²) in [5, 5.41) is 14.3. The van der Waals surface area contributed by atoms with E-state index in [0.717, 1.165) is 42.3 Å². The number of unbranched alkanes of at least 4 members (excludes halogenated alkanes) is 3. The lowest BCUT2D eigenvalue weighted by molar-refractivity contribution is -0.108. The molecule has 1 aliphatic rings. The Morgan fingerprint density at radius 2 is 2.04 bits per heavy atom. The SMILES string of the molecule is N#CNC(=NCCCCCCS(=O)(=O)N1CCCCO1)Nc1ccncc1. The van der Waals surface area contributed by atoms with Crippen LogP contribution in [0.3, 0.4) is 0 Å². The Balaban J connectivity index is 1.64. The van der Waals surface area contributed by atoms with Gasteiger partial charge in [0.15, 0.2) is 6.19 Å². The minimum absolute atomic E-state index is 0.112. The monoisotopic (exact) mass is 394 g/mol. The van der Waals surface area contributed by atoms with Crippen molar-refractivity contribution in [1.29, 1.82) is 5.26 Å². The van der Waals surface area contributed by atoms with Crippen molar-refractivity contribution in [2.24, 2.45) is 4.99 Å². The van der Waals surface area contributed by atoms with Crippen LogP contribution in [0.5, 0.6) is 0 Å². The van der Waals surface area contributed by atoms with Gasteiger partial charge in [-0.2, -0.15) is 5.26 Å². The first-order valence-electron chi connectivity index (χ1n) is 9.12. The fourth-order valence-electron chi connectivity index (χ4n) is 2.57. The summed E-state index contributed by atoms with van der Waals surface area (Å²) in [5.74, 6) is 0.495. The van der Waals surface area contributed by atoms with E-state index in [-0.39, 0.29) is 5.75 Å². The van der Waals surface area contributed by atoms with Gasteiger partial charge >= 0.3 is 0 Å². The normalized spacial score (nSPS) is 15.9. The molecule has 1 fully saturated rings. The molecule has 0 bridgehead atoms. The number of hydrogen-bond acceptors (Lipinski definition) is 6. The lowest BCUT2D eigenvalue weighted by Crippen LogP contribution is -2.37. The van der Waals surface area contributed by atoms with E-state index in [9.17, 15) is 8.42 Å². The van der Waals surface area contributed by atoms with Gasteiger partial charge in [0.2, 0.25) is 16.0 Å². The number of aliphatic imine (C=N–C) groups is 1. The lowest BCUT2D eigenvalue weighted by Gasteiger charge is -2.25. The number of aromatic nitrogens is 1. The molecule has 0 atom stereocenters. The van der Waals surface area contributed by atoms with Crippen LogP contribution in [0.25, 0.3) is 0 Å². The second kappa shape index (κ2) is 11.5. The zero-order chi connectivity index (χ0) is 19.4. The highest BCUT2D eigenvalue weighted by molar-refractivity contribution is 7.88. The van der Waals surface area contributed by atoms with Crippen LogP contribution in [-0.4, -0.2) is 49.3 Å². The van der Waals surface area contributed by atoms with Gasteiger partial charge in [-0.25, -0.2) is 8.42 Å². The van der Waals surface area contributed by atoms with E-state index in [1.165, 1.54) is 0 Å². The molecule has 1 saturated heterocycles. The number of sulfonamides is 1. The summed E-state index contributed by atoms with van der Waals surface area (Å²) in [6, 6.07) is 3.56. The largest absolute Gasteiger partial charge is 0.325 e. The second-order valence-electron chi connectivity index (χ2n) is 6.12. The minimum Gasteiger partial charge on any atom is -0.325 e. The van der Waals surface area contributed by atoms with Crippen molar-refractivity contribution >= 4 is 21.7 Å². The average molecular weight is 395 g/mol. The maximum absolute atomic E-state index is 12.1. The molecule has 10 heteroatoms. The number of rotatable bonds is 9. The number of nitrogens with one attached hydrogen (secondary N) is 2. The second-order valence-corrected chi connectivity index (χ2v) is 8.10. The smallest absolute Gasteiger partial charge is 0.236 e. The Kier molecular flexibility index (Phi) is 8.97. The molecule has 0 saturated carbocycles. The van der Waals surface area contributed by atoms with Crippen molar-refractivity contribution in [1.82, 2.24) is 14.8 Å². The van der Waals surface area contributed by atoms with Crippen LogP contribution >= 0.6 is 0 Å². The Bertz CT molecular complexity index is 727. The highest BCUT2D eigenvalue weighted by Crippen LogP contribution is 2.13. The van der Waals surface area contributed by atoms with E-state index in [0.29, 0.717) is 32.1 Å². The molecule has 2 heterocycles. The summed E-state index contributed by atoms with van der Waals surface area (Å²) < 4.78 is 25.4. The van der Waals surface area contributed by atoms with E-state index in [1.54, 1.807) is 24.5 Å². The molecule has 0 unspecified atom stereocenters. The highest BCUT2D eigenvalue weighted by Gasteiger charge is 2.24. The summed E-state index contributed by atoms with van der Waals surface area (Å²) in [5.41, 5.74) is 0.789. The first kappa shape index (κ1) is 21.1. The Labute approximate surface area is 160 Å². The fourth-order valence-corrected chi connectivity index (χ4v) is 3.99. The Hall–Kier alpha value is -2.22. The van der Waals surface area contributed by atoms with Crippen molar-refractivity contribution in [3.8, 4) is 6.19 Å². The van der Waals surface area contributed by atoms with Gasteiger partial charge in [0.05, 0.1) is 12.4 Å². The van der Waals surface area contributed by atoms with Crippen LogP contribution in [0.15, 0.2) is 29.5 Å². The molecular weight excluding hydrogens is 368 g/mol. The van der Waals surface area contributed by atoms with E-state index >= 15 is 0 Å². The molecular formula is C17H26N6O3S. The number of anilines is 1. The van der Waals surface area contributed by atoms with Gasteiger partial charge in [0.1, 0.15) is 0 Å². The zero-order valence-electron chi connectivity index (χ0n) is 15.3. The molecule has 9 nitrogen and oxygen atoms in total.